The van der Waals surface area contributed by atoms with E-state index < -0.39 is 0 Å². The second-order valence-corrected chi connectivity index (χ2v) is 6.86. The first-order chi connectivity index (χ1) is 10.7. The molecule has 0 fully saturated rings. The van der Waals surface area contributed by atoms with Gasteiger partial charge in [-0.1, -0.05) is 97.8 Å². The summed E-state index contributed by atoms with van der Waals surface area (Å²) in [5.74, 6) is 1.11. The topological polar surface area (TPSA) is 26.3 Å². The van der Waals surface area contributed by atoms with E-state index in [0.29, 0.717) is 13.0 Å². The van der Waals surface area contributed by atoms with Gasteiger partial charge in [-0.2, -0.15) is 0 Å². The number of hydrogen-bond donors (Lipinski definition) is 0. The minimum Gasteiger partial charge on any atom is -0.465 e. The highest BCUT2D eigenvalue weighted by molar-refractivity contribution is 5.69. The zero-order chi connectivity index (χ0) is 16.5. The Bertz CT molecular complexity index is 236. The zero-order valence-corrected chi connectivity index (χ0v) is 15.4. The van der Waals surface area contributed by atoms with Crippen molar-refractivity contribution in [2.24, 2.45) is 0 Å². The van der Waals surface area contributed by atoms with E-state index in [1.807, 2.05) is 13.8 Å². The Hall–Kier alpha value is -0.530. The van der Waals surface area contributed by atoms with E-state index in [0.717, 1.165) is 12.3 Å². The highest BCUT2D eigenvalue weighted by atomic mass is 16.5. The molecule has 0 aliphatic carbocycles. The van der Waals surface area contributed by atoms with Gasteiger partial charge < -0.3 is 4.74 Å². The third-order valence-corrected chi connectivity index (χ3v) is 4.01. The lowest BCUT2D eigenvalue weighted by atomic mass is 10.0. The Balaban J connectivity index is 3.09. The van der Waals surface area contributed by atoms with Crippen molar-refractivity contribution in [1.29, 1.82) is 0 Å². The van der Waals surface area contributed by atoms with Crippen molar-refractivity contribution in [2.75, 3.05) is 6.61 Å². The fourth-order valence-electron chi connectivity index (χ4n) is 2.58. The maximum atomic E-state index is 11.4. The van der Waals surface area contributed by atoms with Gasteiger partial charge in [0, 0.05) is 12.3 Å². The zero-order valence-electron chi connectivity index (χ0n) is 15.4. The predicted molar refractivity (Wildman–Crippen MR) is 95.9 cm³/mol. The number of ether oxygens (including phenoxy) is 1. The molecule has 0 N–H and O–H groups in total. The van der Waals surface area contributed by atoms with E-state index in [1.165, 1.54) is 77.0 Å². The summed E-state index contributed by atoms with van der Waals surface area (Å²) in [4.78, 5) is 11.4. The van der Waals surface area contributed by atoms with Gasteiger partial charge in [0.1, 0.15) is 0 Å². The molecular weight excluding hydrogens is 272 g/mol. The van der Waals surface area contributed by atoms with Crippen molar-refractivity contribution in [3.8, 4) is 0 Å². The molecule has 0 aromatic rings. The van der Waals surface area contributed by atoms with E-state index >= 15 is 0 Å². The predicted octanol–water partition coefficient (Wildman–Crippen LogP) is 6.63. The molecule has 0 aromatic heterocycles. The van der Waals surface area contributed by atoms with Gasteiger partial charge in [0.2, 0.25) is 0 Å². The second-order valence-electron chi connectivity index (χ2n) is 6.86. The highest BCUT2D eigenvalue weighted by Crippen LogP contribution is 2.13. The first-order valence-electron chi connectivity index (χ1n) is 9.61. The van der Waals surface area contributed by atoms with Crippen LogP contribution in [0.1, 0.15) is 111 Å². The molecule has 2 nitrogen and oxygen atoms in total. The fraction of sp³-hybridized carbons (Fsp3) is 0.900. The van der Waals surface area contributed by atoms with E-state index in [9.17, 15) is 4.79 Å². The molecule has 0 aliphatic heterocycles. The third-order valence-electron chi connectivity index (χ3n) is 4.01. The standard InChI is InChI=1S/C20H39O2/c1-4-5-6-7-8-9-10-11-12-13-14-15-16-17-20(21)22-18-19(2)3/h4-18H2,1-3H3. The number of unbranched alkanes of at least 4 members (excludes halogenated alkanes) is 12. The molecule has 22 heavy (non-hydrogen) atoms. The molecule has 0 aliphatic rings. The van der Waals surface area contributed by atoms with Gasteiger partial charge in [-0.25, -0.2) is 0 Å². The molecule has 0 atom stereocenters. The summed E-state index contributed by atoms with van der Waals surface area (Å²) >= 11 is 0. The molecule has 0 rings (SSSR count). The van der Waals surface area contributed by atoms with Crippen LogP contribution < -0.4 is 0 Å². The SMILES string of the molecule is CCCCCCCCCCCCCCCC(=O)OC[C](C)C. The largest absolute Gasteiger partial charge is 0.465 e. The lowest BCUT2D eigenvalue weighted by Crippen LogP contribution is -2.08. The van der Waals surface area contributed by atoms with Crippen LogP contribution in [0.4, 0.5) is 0 Å². The van der Waals surface area contributed by atoms with Crippen LogP contribution in [0, 0.1) is 5.92 Å². The molecule has 0 amide bonds. The fourth-order valence-corrected chi connectivity index (χ4v) is 2.58. The van der Waals surface area contributed by atoms with Crippen molar-refractivity contribution in [2.45, 2.75) is 111 Å². The van der Waals surface area contributed by atoms with Gasteiger partial charge in [0.15, 0.2) is 0 Å². The van der Waals surface area contributed by atoms with Gasteiger partial charge in [-0.3, -0.25) is 4.79 Å². The molecule has 131 valence electrons. The molecule has 0 bridgehead atoms. The van der Waals surface area contributed by atoms with Gasteiger partial charge >= 0.3 is 5.97 Å². The average molecular weight is 312 g/mol. The number of carbonyl (C=O) groups excluding carboxylic acids is 1. The van der Waals surface area contributed by atoms with Crippen molar-refractivity contribution in [3.05, 3.63) is 5.92 Å². The summed E-state index contributed by atoms with van der Waals surface area (Å²) in [5.41, 5.74) is 0. The van der Waals surface area contributed by atoms with Crippen LogP contribution in [0.2, 0.25) is 0 Å². The van der Waals surface area contributed by atoms with Crippen molar-refractivity contribution in [1.82, 2.24) is 0 Å². The molecule has 0 aromatic carbocycles. The second kappa shape index (κ2) is 16.8. The quantitative estimate of drug-likeness (QED) is 0.236. The van der Waals surface area contributed by atoms with E-state index in [2.05, 4.69) is 6.92 Å². The number of esters is 1. The Morgan fingerprint density at radius 1 is 0.682 bits per heavy atom. The first-order valence-corrected chi connectivity index (χ1v) is 9.61. The minimum absolute atomic E-state index is 0.0377. The first kappa shape index (κ1) is 21.5. The van der Waals surface area contributed by atoms with Gasteiger partial charge in [0.05, 0.1) is 6.61 Å². The summed E-state index contributed by atoms with van der Waals surface area (Å²) in [5, 5.41) is 0. The summed E-state index contributed by atoms with van der Waals surface area (Å²) in [6, 6.07) is 0. The number of hydrogen-bond acceptors (Lipinski definition) is 2. The maximum Gasteiger partial charge on any atom is 0.305 e. The van der Waals surface area contributed by atoms with E-state index in [1.54, 1.807) is 0 Å². The smallest absolute Gasteiger partial charge is 0.305 e. The van der Waals surface area contributed by atoms with Crippen molar-refractivity contribution in [3.63, 3.8) is 0 Å². The highest BCUT2D eigenvalue weighted by Gasteiger charge is 2.04. The molecule has 0 saturated heterocycles. The Kier molecular flexibility index (Phi) is 16.4. The van der Waals surface area contributed by atoms with Crippen LogP contribution >= 0.6 is 0 Å². The summed E-state index contributed by atoms with van der Waals surface area (Å²) in [6.45, 7) is 6.72. The Morgan fingerprint density at radius 2 is 1.09 bits per heavy atom. The van der Waals surface area contributed by atoms with E-state index in [4.69, 9.17) is 4.74 Å². The average Bonchev–Trinajstić information content (AvgIpc) is 2.49. The van der Waals surface area contributed by atoms with E-state index in [-0.39, 0.29) is 5.97 Å². The van der Waals surface area contributed by atoms with Gasteiger partial charge in [0.25, 0.3) is 0 Å². The summed E-state index contributed by atoms with van der Waals surface area (Å²) < 4.78 is 5.13. The lowest BCUT2D eigenvalue weighted by molar-refractivity contribution is -0.143. The lowest BCUT2D eigenvalue weighted by Gasteiger charge is -2.06. The van der Waals surface area contributed by atoms with Crippen LogP contribution in [-0.2, 0) is 9.53 Å². The van der Waals surface area contributed by atoms with Crippen LogP contribution in [0.25, 0.3) is 0 Å². The Labute approximate surface area is 139 Å². The monoisotopic (exact) mass is 311 g/mol. The molecule has 2 heteroatoms. The minimum atomic E-state index is -0.0377. The van der Waals surface area contributed by atoms with Gasteiger partial charge in [-0.15, -0.1) is 0 Å². The Morgan fingerprint density at radius 3 is 1.50 bits per heavy atom. The number of carbonyl (C=O) groups is 1. The third kappa shape index (κ3) is 17.5. The molecule has 0 spiro atoms. The van der Waals surface area contributed by atoms with Crippen molar-refractivity contribution >= 4 is 5.97 Å². The van der Waals surface area contributed by atoms with Crippen LogP contribution in [0.3, 0.4) is 0 Å². The molecule has 0 unspecified atom stereocenters. The molecular formula is C20H39O2. The van der Waals surface area contributed by atoms with Crippen LogP contribution in [0.15, 0.2) is 0 Å². The van der Waals surface area contributed by atoms with Crippen molar-refractivity contribution < 1.29 is 9.53 Å². The van der Waals surface area contributed by atoms with Crippen LogP contribution in [0.5, 0.6) is 0 Å². The maximum absolute atomic E-state index is 11.4. The normalized spacial score (nSPS) is 11.1. The molecule has 0 heterocycles. The van der Waals surface area contributed by atoms with Gasteiger partial charge in [-0.05, 0) is 6.42 Å². The molecule has 1 radical (unpaired) electrons. The summed E-state index contributed by atoms with van der Waals surface area (Å²) in [7, 11) is 0. The summed E-state index contributed by atoms with van der Waals surface area (Å²) in [6.07, 6.45) is 17.9. The number of rotatable bonds is 16. The van der Waals surface area contributed by atoms with Crippen LogP contribution in [-0.4, -0.2) is 12.6 Å². The molecule has 0 saturated carbocycles.